The number of likely N-dealkylation sites (tertiary alicyclic amines) is 1. The lowest BCUT2D eigenvalue weighted by Crippen LogP contribution is -2.39. The SMILES string of the molecule is Cc1ccccc1Oc1ccc(C(=O)N2CCC(Cn3cc4c(C)c(C(=O)NCC(F)(F)F)ccc4n3)CC2)cc1. The predicted octanol–water partition coefficient (Wildman–Crippen LogP) is 6.29. The summed E-state index contributed by atoms with van der Waals surface area (Å²) in [6, 6.07) is 18.1. The van der Waals surface area contributed by atoms with Crippen molar-refractivity contribution in [2.24, 2.45) is 5.92 Å². The Morgan fingerprint density at radius 1 is 1.00 bits per heavy atom. The second kappa shape index (κ2) is 11.6. The first-order valence-electron chi connectivity index (χ1n) is 13.5. The molecule has 1 aliphatic heterocycles. The number of hydrogen-bond acceptors (Lipinski definition) is 4. The van der Waals surface area contributed by atoms with Crippen LogP contribution in [0.1, 0.15) is 44.7 Å². The van der Waals surface area contributed by atoms with Gasteiger partial charge in [0.05, 0.1) is 5.52 Å². The molecule has 7 nitrogen and oxygen atoms in total. The van der Waals surface area contributed by atoms with Gasteiger partial charge in [0.2, 0.25) is 0 Å². The fourth-order valence-corrected chi connectivity index (χ4v) is 5.13. The molecule has 0 unspecified atom stereocenters. The molecule has 5 rings (SSSR count). The second-order valence-corrected chi connectivity index (χ2v) is 10.4. The van der Waals surface area contributed by atoms with Crippen LogP contribution >= 0.6 is 0 Å². The molecule has 0 spiro atoms. The number of para-hydroxylation sites is 1. The van der Waals surface area contributed by atoms with Crippen LogP contribution in [0.4, 0.5) is 13.2 Å². The number of aryl methyl sites for hydroxylation is 2. The molecule has 1 aliphatic rings. The van der Waals surface area contributed by atoms with Gasteiger partial charge in [-0.1, -0.05) is 18.2 Å². The molecule has 1 saturated heterocycles. The Bertz CT molecular complexity index is 1560. The number of alkyl halides is 3. The molecule has 0 aliphatic carbocycles. The van der Waals surface area contributed by atoms with Gasteiger partial charge in [0.1, 0.15) is 18.0 Å². The number of aromatic nitrogens is 2. The van der Waals surface area contributed by atoms with E-state index in [0.717, 1.165) is 29.5 Å². The van der Waals surface area contributed by atoms with E-state index in [4.69, 9.17) is 4.74 Å². The van der Waals surface area contributed by atoms with Crippen molar-refractivity contribution in [1.82, 2.24) is 20.0 Å². The molecular formula is C31H31F3N4O3. The van der Waals surface area contributed by atoms with Crippen LogP contribution in [0.2, 0.25) is 0 Å². The molecule has 10 heteroatoms. The Morgan fingerprint density at radius 3 is 2.39 bits per heavy atom. The average Bonchev–Trinajstić information content (AvgIpc) is 3.37. The molecule has 1 N–H and O–H groups in total. The van der Waals surface area contributed by atoms with Crippen molar-refractivity contribution in [3.8, 4) is 11.5 Å². The second-order valence-electron chi connectivity index (χ2n) is 10.4. The topological polar surface area (TPSA) is 76.5 Å². The van der Waals surface area contributed by atoms with E-state index in [1.54, 1.807) is 25.1 Å². The number of fused-ring (bicyclic) bond motifs is 1. The van der Waals surface area contributed by atoms with Gasteiger partial charge in [0, 0.05) is 42.3 Å². The van der Waals surface area contributed by atoms with Crippen LogP contribution in [0.5, 0.6) is 11.5 Å². The molecule has 0 saturated carbocycles. The Balaban J connectivity index is 1.16. The van der Waals surface area contributed by atoms with Crippen LogP contribution in [0.15, 0.2) is 66.9 Å². The summed E-state index contributed by atoms with van der Waals surface area (Å²) in [7, 11) is 0. The highest BCUT2D eigenvalue weighted by Crippen LogP contribution is 2.27. The molecule has 1 fully saturated rings. The van der Waals surface area contributed by atoms with E-state index in [1.807, 2.05) is 64.4 Å². The molecule has 2 amide bonds. The highest BCUT2D eigenvalue weighted by atomic mass is 19.4. The van der Waals surface area contributed by atoms with Crippen molar-refractivity contribution in [1.29, 1.82) is 0 Å². The molecule has 0 radical (unpaired) electrons. The number of carbonyl (C=O) groups is 2. The molecule has 41 heavy (non-hydrogen) atoms. The van der Waals surface area contributed by atoms with E-state index in [-0.39, 0.29) is 11.5 Å². The summed E-state index contributed by atoms with van der Waals surface area (Å²) in [6.07, 6.45) is -0.996. The number of nitrogens with one attached hydrogen (secondary N) is 1. The third-order valence-electron chi connectivity index (χ3n) is 7.47. The maximum Gasteiger partial charge on any atom is 0.405 e. The normalized spacial score (nSPS) is 14.3. The number of benzene rings is 3. The summed E-state index contributed by atoms with van der Waals surface area (Å²) >= 11 is 0. The van der Waals surface area contributed by atoms with Crippen molar-refractivity contribution in [3.63, 3.8) is 0 Å². The zero-order valence-electron chi connectivity index (χ0n) is 22.9. The van der Waals surface area contributed by atoms with Gasteiger partial charge < -0.3 is 15.0 Å². The van der Waals surface area contributed by atoms with Gasteiger partial charge >= 0.3 is 6.18 Å². The van der Waals surface area contributed by atoms with Gasteiger partial charge in [-0.2, -0.15) is 18.3 Å². The third kappa shape index (κ3) is 6.70. The predicted molar refractivity (Wildman–Crippen MR) is 149 cm³/mol. The molecule has 214 valence electrons. The van der Waals surface area contributed by atoms with E-state index >= 15 is 0 Å². The fraction of sp³-hybridized carbons (Fsp3) is 0.323. The van der Waals surface area contributed by atoms with E-state index < -0.39 is 18.6 Å². The lowest BCUT2D eigenvalue weighted by molar-refractivity contribution is -0.123. The summed E-state index contributed by atoms with van der Waals surface area (Å²) in [5.41, 5.74) is 3.11. The van der Waals surface area contributed by atoms with Crippen molar-refractivity contribution < 1.29 is 27.5 Å². The first kappa shape index (κ1) is 28.2. The van der Waals surface area contributed by atoms with Crippen molar-refractivity contribution in [2.45, 2.75) is 39.4 Å². The van der Waals surface area contributed by atoms with Crippen molar-refractivity contribution >= 4 is 22.7 Å². The van der Waals surface area contributed by atoms with Gasteiger partial charge in [-0.05, 0) is 86.2 Å². The Kier molecular flexibility index (Phi) is 8.01. The number of carbonyl (C=O) groups excluding carboxylic acids is 2. The smallest absolute Gasteiger partial charge is 0.405 e. The number of ether oxygens (including phenoxy) is 1. The first-order valence-corrected chi connectivity index (χ1v) is 13.5. The molecule has 1 aromatic heterocycles. The Morgan fingerprint density at radius 2 is 1.71 bits per heavy atom. The van der Waals surface area contributed by atoms with Crippen LogP contribution in [-0.2, 0) is 6.54 Å². The number of amides is 2. The van der Waals surface area contributed by atoms with Crippen molar-refractivity contribution in [2.75, 3.05) is 19.6 Å². The minimum atomic E-state index is -4.47. The number of hydrogen-bond donors (Lipinski definition) is 1. The van der Waals surface area contributed by atoms with Crippen molar-refractivity contribution in [3.05, 3.63) is 89.1 Å². The Labute approximate surface area is 235 Å². The zero-order valence-corrected chi connectivity index (χ0v) is 22.9. The molecule has 0 bridgehead atoms. The monoisotopic (exact) mass is 564 g/mol. The highest BCUT2D eigenvalue weighted by Gasteiger charge is 2.28. The lowest BCUT2D eigenvalue weighted by atomic mass is 9.96. The molecule has 4 aromatic rings. The van der Waals surface area contributed by atoms with Crippen LogP contribution in [0.3, 0.4) is 0 Å². The quantitative estimate of drug-likeness (QED) is 0.286. The minimum absolute atomic E-state index is 0.0114. The third-order valence-corrected chi connectivity index (χ3v) is 7.47. The lowest BCUT2D eigenvalue weighted by Gasteiger charge is -2.32. The van der Waals surface area contributed by atoms with Gasteiger partial charge in [-0.3, -0.25) is 14.3 Å². The summed E-state index contributed by atoms with van der Waals surface area (Å²) in [4.78, 5) is 27.3. The summed E-state index contributed by atoms with van der Waals surface area (Å²) in [5.74, 6) is 0.988. The number of piperidine rings is 1. The van der Waals surface area contributed by atoms with Crippen LogP contribution in [0, 0.1) is 19.8 Å². The standard InChI is InChI=1S/C31H31F3N4O3/c1-20-5-3-4-6-28(20)41-24-9-7-23(8-10-24)30(40)37-15-13-22(14-16-37)17-38-18-26-21(2)25(11-12-27(26)36-38)29(39)35-19-31(32,33)34/h3-12,18,22H,13-17,19H2,1-2H3,(H,35,39). The summed E-state index contributed by atoms with van der Waals surface area (Å²) in [5, 5.41) is 7.27. The van der Waals surface area contributed by atoms with Gasteiger partial charge in [0.15, 0.2) is 0 Å². The largest absolute Gasteiger partial charge is 0.457 e. The molecule has 0 atom stereocenters. The van der Waals surface area contributed by atoms with Gasteiger partial charge in [-0.15, -0.1) is 0 Å². The molecular weight excluding hydrogens is 533 g/mol. The number of halogens is 3. The number of rotatable bonds is 7. The van der Waals surface area contributed by atoms with E-state index in [0.29, 0.717) is 47.9 Å². The minimum Gasteiger partial charge on any atom is -0.457 e. The average molecular weight is 565 g/mol. The molecule has 2 heterocycles. The number of nitrogens with zero attached hydrogens (tertiary/aromatic N) is 3. The van der Waals surface area contributed by atoms with Crippen LogP contribution in [0.25, 0.3) is 10.9 Å². The summed E-state index contributed by atoms with van der Waals surface area (Å²) in [6.45, 7) is 4.23. The maximum absolute atomic E-state index is 13.1. The highest BCUT2D eigenvalue weighted by molar-refractivity contribution is 6.00. The molecule has 3 aromatic carbocycles. The maximum atomic E-state index is 13.1. The first-order chi connectivity index (χ1) is 19.6. The van der Waals surface area contributed by atoms with Gasteiger partial charge in [0.25, 0.3) is 11.8 Å². The van der Waals surface area contributed by atoms with E-state index in [9.17, 15) is 22.8 Å². The summed E-state index contributed by atoms with van der Waals surface area (Å²) < 4.78 is 45.3. The van der Waals surface area contributed by atoms with Gasteiger partial charge in [-0.25, -0.2) is 0 Å². The van der Waals surface area contributed by atoms with E-state index in [2.05, 4.69) is 5.10 Å². The van der Waals surface area contributed by atoms with Crippen LogP contribution in [-0.4, -0.2) is 52.3 Å². The van der Waals surface area contributed by atoms with E-state index in [1.165, 1.54) is 6.07 Å². The fourth-order valence-electron chi connectivity index (χ4n) is 5.13. The Hall–Kier alpha value is -4.34. The zero-order chi connectivity index (χ0) is 29.1. The van der Waals surface area contributed by atoms with Crippen LogP contribution < -0.4 is 10.1 Å².